The van der Waals surface area contributed by atoms with E-state index in [1.807, 2.05) is 0 Å². The third kappa shape index (κ3) is 2.63. The molecule has 0 spiro atoms. The third-order valence-corrected chi connectivity index (χ3v) is 2.65. The van der Waals surface area contributed by atoms with Crippen LogP contribution in [0.1, 0.15) is 18.9 Å². The highest BCUT2D eigenvalue weighted by molar-refractivity contribution is 7.99. The van der Waals surface area contributed by atoms with E-state index >= 15 is 0 Å². The van der Waals surface area contributed by atoms with E-state index in [9.17, 15) is 0 Å². The van der Waals surface area contributed by atoms with E-state index in [1.165, 1.54) is 0 Å². The highest BCUT2D eigenvalue weighted by Gasteiger charge is 2.03. The van der Waals surface area contributed by atoms with Gasteiger partial charge in [0, 0.05) is 0 Å². The Hall–Kier alpha value is -1.21. The van der Waals surface area contributed by atoms with Gasteiger partial charge in [-0.2, -0.15) is 5.26 Å². The zero-order valence-corrected chi connectivity index (χ0v) is 8.27. The van der Waals surface area contributed by atoms with Crippen LogP contribution in [0.3, 0.4) is 0 Å². The number of rotatable bonds is 3. The molecule has 13 heavy (non-hydrogen) atoms. The number of hydrogen-bond acceptors (Lipinski definition) is 4. The molecular weight excluding hydrogens is 182 g/mol. The molecule has 0 atom stereocenters. The summed E-state index contributed by atoms with van der Waals surface area (Å²) in [7, 11) is 0. The maximum atomic E-state index is 8.78. The molecule has 3 nitrogen and oxygen atoms in total. The van der Waals surface area contributed by atoms with Gasteiger partial charge < -0.3 is 5.73 Å². The van der Waals surface area contributed by atoms with E-state index in [2.05, 4.69) is 18.0 Å². The maximum Gasteiger partial charge on any atom is 0.114 e. The molecule has 0 amide bonds. The molecule has 0 aliphatic rings. The van der Waals surface area contributed by atoms with Crippen LogP contribution in [0.15, 0.2) is 17.3 Å². The Morgan fingerprint density at radius 3 is 3.08 bits per heavy atom. The molecule has 1 rings (SSSR count). The average molecular weight is 193 g/mol. The summed E-state index contributed by atoms with van der Waals surface area (Å²) in [6, 6.07) is 3.74. The number of anilines is 1. The Balaban J connectivity index is 2.88. The molecule has 0 saturated heterocycles. The molecule has 0 aliphatic heterocycles. The van der Waals surface area contributed by atoms with E-state index in [1.54, 1.807) is 24.0 Å². The largest absolute Gasteiger partial charge is 0.397 e. The molecule has 68 valence electrons. The topological polar surface area (TPSA) is 62.7 Å². The quantitative estimate of drug-likeness (QED) is 0.746. The van der Waals surface area contributed by atoms with Gasteiger partial charge in [-0.25, -0.2) is 4.98 Å². The van der Waals surface area contributed by atoms with Crippen molar-refractivity contribution >= 4 is 17.4 Å². The number of pyridine rings is 1. The summed E-state index contributed by atoms with van der Waals surface area (Å²) >= 11 is 1.59. The van der Waals surface area contributed by atoms with Crippen LogP contribution in [0.25, 0.3) is 0 Å². The SMILES string of the molecule is CCCSc1ncc(N)cc1C#N. The third-order valence-electron chi connectivity index (χ3n) is 1.44. The first-order valence-electron chi connectivity index (χ1n) is 4.06. The van der Waals surface area contributed by atoms with E-state index in [-0.39, 0.29) is 0 Å². The monoisotopic (exact) mass is 193 g/mol. The average Bonchev–Trinajstić information content (AvgIpc) is 2.16. The molecule has 0 bridgehead atoms. The van der Waals surface area contributed by atoms with Crippen molar-refractivity contribution in [3.05, 3.63) is 17.8 Å². The van der Waals surface area contributed by atoms with E-state index in [4.69, 9.17) is 11.0 Å². The molecule has 1 heterocycles. The second-order valence-electron chi connectivity index (χ2n) is 2.58. The lowest BCUT2D eigenvalue weighted by Crippen LogP contribution is -1.92. The minimum absolute atomic E-state index is 0.539. The van der Waals surface area contributed by atoms with Crippen LogP contribution in [-0.4, -0.2) is 10.7 Å². The summed E-state index contributed by atoms with van der Waals surface area (Å²) in [6.45, 7) is 2.09. The second-order valence-corrected chi connectivity index (χ2v) is 3.67. The van der Waals surface area contributed by atoms with Crippen LogP contribution in [0.2, 0.25) is 0 Å². The second kappa shape index (κ2) is 4.73. The first kappa shape index (κ1) is 9.87. The highest BCUT2D eigenvalue weighted by atomic mass is 32.2. The van der Waals surface area contributed by atoms with E-state index in [0.29, 0.717) is 11.3 Å². The van der Waals surface area contributed by atoms with Gasteiger partial charge in [0.15, 0.2) is 0 Å². The first-order chi connectivity index (χ1) is 6.27. The lowest BCUT2D eigenvalue weighted by atomic mass is 10.3. The van der Waals surface area contributed by atoms with Crippen LogP contribution < -0.4 is 5.73 Å². The first-order valence-corrected chi connectivity index (χ1v) is 5.05. The molecular formula is C9H11N3S. The number of nitriles is 1. The normalized spacial score (nSPS) is 9.54. The minimum Gasteiger partial charge on any atom is -0.397 e. The lowest BCUT2D eigenvalue weighted by Gasteiger charge is -2.01. The zero-order valence-electron chi connectivity index (χ0n) is 7.45. The van der Waals surface area contributed by atoms with Gasteiger partial charge in [-0.15, -0.1) is 11.8 Å². The Bertz CT molecular complexity index is 330. The van der Waals surface area contributed by atoms with Crippen molar-refractivity contribution in [1.29, 1.82) is 5.26 Å². The van der Waals surface area contributed by atoms with Crippen molar-refractivity contribution in [3.63, 3.8) is 0 Å². The Kier molecular flexibility index (Phi) is 3.59. The van der Waals surface area contributed by atoms with Gasteiger partial charge in [0.2, 0.25) is 0 Å². The number of nitrogens with zero attached hydrogens (tertiary/aromatic N) is 2. The summed E-state index contributed by atoms with van der Waals surface area (Å²) in [4.78, 5) is 4.10. The number of thioether (sulfide) groups is 1. The van der Waals surface area contributed by atoms with Crippen molar-refractivity contribution in [3.8, 4) is 6.07 Å². The molecule has 1 aromatic heterocycles. The number of aromatic nitrogens is 1. The van der Waals surface area contributed by atoms with Gasteiger partial charge in [-0.3, -0.25) is 0 Å². The molecule has 0 unspecified atom stereocenters. The van der Waals surface area contributed by atoms with Crippen LogP contribution in [0.4, 0.5) is 5.69 Å². The van der Waals surface area contributed by atoms with Gasteiger partial charge in [-0.1, -0.05) is 6.92 Å². The number of hydrogen-bond donors (Lipinski definition) is 1. The van der Waals surface area contributed by atoms with E-state index in [0.717, 1.165) is 17.2 Å². The number of nitrogen functional groups attached to an aromatic ring is 1. The van der Waals surface area contributed by atoms with Gasteiger partial charge >= 0.3 is 0 Å². The molecule has 2 N–H and O–H groups in total. The summed E-state index contributed by atoms with van der Waals surface area (Å²) < 4.78 is 0. The maximum absolute atomic E-state index is 8.78. The molecule has 0 aliphatic carbocycles. The lowest BCUT2D eigenvalue weighted by molar-refractivity contribution is 1.07. The predicted molar refractivity (Wildman–Crippen MR) is 54.4 cm³/mol. The molecule has 1 aromatic rings. The van der Waals surface area contributed by atoms with Crippen LogP contribution >= 0.6 is 11.8 Å². The van der Waals surface area contributed by atoms with Crippen LogP contribution in [0.5, 0.6) is 0 Å². The van der Waals surface area contributed by atoms with Gasteiger partial charge in [0.05, 0.1) is 17.4 Å². The standard InChI is InChI=1S/C9H11N3S/c1-2-3-13-9-7(5-10)4-8(11)6-12-9/h4,6H,2-3,11H2,1H3. The fraction of sp³-hybridized carbons (Fsp3) is 0.333. The van der Waals surface area contributed by atoms with Crippen molar-refractivity contribution in [2.75, 3.05) is 11.5 Å². The predicted octanol–water partition coefficient (Wildman–Crippen LogP) is 2.04. The summed E-state index contributed by atoms with van der Waals surface area (Å²) in [5.41, 5.74) is 6.62. The fourth-order valence-corrected chi connectivity index (χ4v) is 1.65. The van der Waals surface area contributed by atoms with Gasteiger partial charge in [0.1, 0.15) is 11.1 Å². The van der Waals surface area contributed by atoms with E-state index < -0.39 is 0 Å². The van der Waals surface area contributed by atoms with Crippen molar-refractivity contribution < 1.29 is 0 Å². The van der Waals surface area contributed by atoms with Gasteiger partial charge in [0.25, 0.3) is 0 Å². The van der Waals surface area contributed by atoms with Crippen molar-refractivity contribution in [1.82, 2.24) is 4.98 Å². The molecule has 0 saturated carbocycles. The Labute approximate surface area is 82.0 Å². The van der Waals surface area contributed by atoms with Crippen LogP contribution in [0, 0.1) is 11.3 Å². The Morgan fingerprint density at radius 2 is 2.46 bits per heavy atom. The Morgan fingerprint density at radius 1 is 1.69 bits per heavy atom. The molecule has 4 heteroatoms. The summed E-state index contributed by atoms with van der Waals surface area (Å²) in [5.74, 6) is 0.978. The van der Waals surface area contributed by atoms with Gasteiger partial charge in [-0.05, 0) is 18.2 Å². The smallest absolute Gasteiger partial charge is 0.114 e. The highest BCUT2D eigenvalue weighted by Crippen LogP contribution is 2.21. The van der Waals surface area contributed by atoms with Crippen molar-refractivity contribution in [2.45, 2.75) is 18.4 Å². The zero-order chi connectivity index (χ0) is 9.68. The summed E-state index contributed by atoms with van der Waals surface area (Å²) in [6.07, 6.45) is 2.65. The fourth-order valence-electron chi connectivity index (χ4n) is 0.862. The van der Waals surface area contributed by atoms with Crippen molar-refractivity contribution in [2.24, 2.45) is 0 Å². The number of nitrogens with two attached hydrogens (primary N) is 1. The molecule has 0 radical (unpaired) electrons. The minimum atomic E-state index is 0.539. The van der Waals surface area contributed by atoms with Crippen LogP contribution in [-0.2, 0) is 0 Å². The molecule has 0 fully saturated rings. The molecule has 0 aromatic carbocycles. The summed E-state index contributed by atoms with van der Waals surface area (Å²) in [5, 5.41) is 9.56.